The van der Waals surface area contributed by atoms with Gasteiger partial charge in [0, 0.05) is 25.1 Å². The van der Waals surface area contributed by atoms with Gasteiger partial charge in [0.1, 0.15) is 5.82 Å². The summed E-state index contributed by atoms with van der Waals surface area (Å²) in [6.45, 7) is 8.97. The molecule has 0 saturated carbocycles. The highest BCUT2D eigenvalue weighted by Crippen LogP contribution is 2.26. The Hall–Kier alpha value is -2.19. The van der Waals surface area contributed by atoms with E-state index < -0.39 is 10.0 Å². The van der Waals surface area contributed by atoms with E-state index in [9.17, 15) is 13.2 Å². The molecule has 1 saturated heterocycles. The van der Waals surface area contributed by atoms with Gasteiger partial charge in [0.25, 0.3) is 0 Å². The van der Waals surface area contributed by atoms with Crippen molar-refractivity contribution in [2.24, 2.45) is 5.92 Å². The molecule has 164 valence electrons. The zero-order valence-corrected chi connectivity index (χ0v) is 19.0. The van der Waals surface area contributed by atoms with Crippen LogP contribution < -0.4 is 5.32 Å². The molecule has 0 spiro atoms. The van der Waals surface area contributed by atoms with E-state index in [4.69, 9.17) is 0 Å². The number of sulfonamides is 1. The lowest BCUT2D eigenvalue weighted by Crippen LogP contribution is -2.41. The second kappa shape index (κ2) is 9.31. The Labute approximate surface area is 179 Å². The molecule has 1 aromatic carbocycles. The largest absolute Gasteiger partial charge is 0.311 e. The Balaban J connectivity index is 1.61. The van der Waals surface area contributed by atoms with Crippen molar-refractivity contribution in [3.05, 3.63) is 42.1 Å². The summed E-state index contributed by atoms with van der Waals surface area (Å²) in [6.07, 6.45) is 3.61. The van der Waals surface area contributed by atoms with Gasteiger partial charge in [-0.1, -0.05) is 32.9 Å². The van der Waals surface area contributed by atoms with Crippen LogP contribution in [0.1, 0.15) is 64.5 Å². The van der Waals surface area contributed by atoms with E-state index in [-0.39, 0.29) is 17.9 Å². The number of carbonyl (C=O) groups excluding carboxylic acids is 1. The summed E-state index contributed by atoms with van der Waals surface area (Å²) in [4.78, 5) is 13.0. The Kier molecular flexibility index (Phi) is 6.98. The van der Waals surface area contributed by atoms with Crippen LogP contribution >= 0.6 is 0 Å². The first-order chi connectivity index (χ1) is 14.2. The SMILES string of the molecule is CCC(C)n1nccc1NC(=O)C1CCN(S(=O)(=O)c2ccc(C(C)C)cc2)CC1. The quantitative estimate of drug-likeness (QED) is 0.716. The van der Waals surface area contributed by atoms with Gasteiger partial charge < -0.3 is 5.32 Å². The molecule has 0 aliphatic carbocycles. The van der Waals surface area contributed by atoms with Crippen LogP contribution in [0.5, 0.6) is 0 Å². The third-order valence-electron chi connectivity index (χ3n) is 5.94. The summed E-state index contributed by atoms with van der Waals surface area (Å²) in [6, 6.07) is 9.10. The average molecular weight is 433 g/mol. The monoisotopic (exact) mass is 432 g/mol. The molecule has 1 fully saturated rings. The first kappa shape index (κ1) is 22.5. The topological polar surface area (TPSA) is 84.3 Å². The van der Waals surface area contributed by atoms with Crippen LogP contribution in [-0.2, 0) is 14.8 Å². The Morgan fingerprint density at radius 2 is 1.77 bits per heavy atom. The zero-order chi connectivity index (χ0) is 21.9. The number of piperidine rings is 1. The molecular formula is C22H32N4O3S. The van der Waals surface area contributed by atoms with Gasteiger partial charge >= 0.3 is 0 Å². The normalized spacial score (nSPS) is 17.2. The number of hydrogen-bond donors (Lipinski definition) is 1. The van der Waals surface area contributed by atoms with E-state index in [1.165, 1.54) is 4.31 Å². The molecule has 2 heterocycles. The molecule has 1 aliphatic heterocycles. The minimum atomic E-state index is -3.54. The number of amides is 1. The number of anilines is 1. The van der Waals surface area contributed by atoms with Crippen LogP contribution in [0.4, 0.5) is 5.82 Å². The molecule has 0 bridgehead atoms. The summed E-state index contributed by atoms with van der Waals surface area (Å²) in [5.41, 5.74) is 1.11. The van der Waals surface area contributed by atoms with Crippen molar-refractivity contribution in [2.45, 2.75) is 63.8 Å². The minimum Gasteiger partial charge on any atom is -0.311 e. The van der Waals surface area contributed by atoms with Crippen molar-refractivity contribution in [1.29, 1.82) is 0 Å². The maximum absolute atomic E-state index is 13.0. The smallest absolute Gasteiger partial charge is 0.243 e. The van der Waals surface area contributed by atoms with Crippen LogP contribution in [0, 0.1) is 5.92 Å². The van der Waals surface area contributed by atoms with Gasteiger partial charge in [-0.3, -0.25) is 4.79 Å². The zero-order valence-electron chi connectivity index (χ0n) is 18.2. The first-order valence-corrected chi connectivity index (χ1v) is 12.1. The Bertz CT molecular complexity index is 959. The minimum absolute atomic E-state index is 0.0709. The average Bonchev–Trinajstić information content (AvgIpc) is 3.21. The third kappa shape index (κ3) is 4.75. The Morgan fingerprint density at radius 1 is 1.13 bits per heavy atom. The second-order valence-corrected chi connectivity index (χ2v) is 10.2. The number of aromatic nitrogens is 2. The predicted molar refractivity (Wildman–Crippen MR) is 118 cm³/mol. The fourth-order valence-electron chi connectivity index (χ4n) is 3.70. The van der Waals surface area contributed by atoms with Crippen molar-refractivity contribution >= 4 is 21.7 Å². The van der Waals surface area contributed by atoms with Crippen molar-refractivity contribution < 1.29 is 13.2 Å². The fourth-order valence-corrected chi connectivity index (χ4v) is 5.17. The first-order valence-electron chi connectivity index (χ1n) is 10.7. The summed E-state index contributed by atoms with van der Waals surface area (Å²) in [7, 11) is -3.54. The summed E-state index contributed by atoms with van der Waals surface area (Å²) in [5.74, 6) is 0.765. The number of hydrogen-bond acceptors (Lipinski definition) is 4. The maximum Gasteiger partial charge on any atom is 0.243 e. The molecular weight excluding hydrogens is 400 g/mol. The van der Waals surface area contributed by atoms with Crippen LogP contribution in [0.25, 0.3) is 0 Å². The third-order valence-corrected chi connectivity index (χ3v) is 7.85. The van der Waals surface area contributed by atoms with Gasteiger partial charge in [-0.15, -0.1) is 0 Å². The predicted octanol–water partition coefficient (Wildman–Crippen LogP) is 4.02. The molecule has 1 atom stereocenters. The summed E-state index contributed by atoms with van der Waals surface area (Å²) in [5, 5.41) is 7.27. The molecule has 1 amide bonds. The highest BCUT2D eigenvalue weighted by molar-refractivity contribution is 7.89. The van der Waals surface area contributed by atoms with E-state index in [2.05, 4.69) is 38.1 Å². The Morgan fingerprint density at radius 3 is 2.33 bits per heavy atom. The van der Waals surface area contributed by atoms with E-state index in [1.54, 1.807) is 24.4 Å². The molecule has 2 aromatic rings. The maximum atomic E-state index is 13.0. The number of carbonyl (C=O) groups is 1. The highest BCUT2D eigenvalue weighted by Gasteiger charge is 2.32. The molecule has 3 rings (SSSR count). The number of rotatable bonds is 7. The molecule has 0 radical (unpaired) electrons. The fraction of sp³-hybridized carbons (Fsp3) is 0.545. The van der Waals surface area contributed by atoms with Gasteiger partial charge in [0.15, 0.2) is 0 Å². The molecule has 8 heteroatoms. The van der Waals surface area contributed by atoms with Crippen molar-refractivity contribution in [3.8, 4) is 0 Å². The van der Waals surface area contributed by atoms with E-state index >= 15 is 0 Å². The lowest BCUT2D eigenvalue weighted by atomic mass is 9.97. The summed E-state index contributed by atoms with van der Waals surface area (Å²) >= 11 is 0. The molecule has 30 heavy (non-hydrogen) atoms. The number of benzene rings is 1. The number of nitrogens with one attached hydrogen (secondary N) is 1. The molecule has 1 unspecified atom stereocenters. The van der Waals surface area contributed by atoms with Crippen LogP contribution in [0.3, 0.4) is 0 Å². The van der Waals surface area contributed by atoms with Gasteiger partial charge in [0.05, 0.1) is 17.1 Å². The van der Waals surface area contributed by atoms with Crippen molar-refractivity contribution in [3.63, 3.8) is 0 Å². The van der Waals surface area contributed by atoms with E-state index in [0.717, 1.165) is 12.0 Å². The van der Waals surface area contributed by atoms with Crippen LogP contribution in [0.15, 0.2) is 41.4 Å². The van der Waals surface area contributed by atoms with Crippen molar-refractivity contribution in [2.75, 3.05) is 18.4 Å². The molecule has 1 N–H and O–H groups in total. The molecule has 1 aliphatic rings. The standard InChI is InChI=1S/C22H32N4O3S/c1-5-17(4)26-21(10-13-23-26)24-22(27)19-11-14-25(15-12-19)30(28,29)20-8-6-18(7-9-20)16(2)3/h6-10,13,16-17,19H,5,11-12,14-15H2,1-4H3,(H,24,27). The molecule has 7 nitrogen and oxygen atoms in total. The van der Waals surface area contributed by atoms with Crippen LogP contribution in [-0.4, -0.2) is 41.5 Å². The van der Waals surface area contributed by atoms with Crippen molar-refractivity contribution in [1.82, 2.24) is 14.1 Å². The van der Waals surface area contributed by atoms with Gasteiger partial charge in [0.2, 0.25) is 15.9 Å². The van der Waals surface area contributed by atoms with Gasteiger partial charge in [-0.05, 0) is 49.8 Å². The van der Waals surface area contributed by atoms with Gasteiger partial charge in [-0.25, -0.2) is 13.1 Å². The molecule has 1 aromatic heterocycles. The van der Waals surface area contributed by atoms with Gasteiger partial charge in [-0.2, -0.15) is 9.40 Å². The number of nitrogens with zero attached hydrogens (tertiary/aromatic N) is 3. The second-order valence-electron chi connectivity index (χ2n) is 8.31. The lowest BCUT2D eigenvalue weighted by molar-refractivity contribution is -0.121. The van der Waals surface area contributed by atoms with E-state index in [0.29, 0.717) is 42.6 Å². The van der Waals surface area contributed by atoms with Crippen LogP contribution in [0.2, 0.25) is 0 Å². The highest BCUT2D eigenvalue weighted by atomic mass is 32.2. The van der Waals surface area contributed by atoms with E-state index in [1.807, 2.05) is 16.8 Å². The lowest BCUT2D eigenvalue weighted by Gasteiger charge is -2.30. The summed E-state index contributed by atoms with van der Waals surface area (Å²) < 4.78 is 29.2.